The van der Waals surface area contributed by atoms with Crippen LogP contribution in [0, 0.1) is 0 Å². The molecular formula is C14H23N3O8S3. The Morgan fingerprint density at radius 1 is 1.43 bits per heavy atom. The largest absolute Gasteiger partial charge is 0.310 e. The molecule has 0 aromatic carbocycles. The molecule has 1 aliphatic rings. The van der Waals surface area contributed by atoms with Gasteiger partial charge in [-0.25, -0.2) is 21.6 Å². The lowest BCUT2D eigenvalue weighted by Gasteiger charge is -2.27. The molecule has 2 heterocycles. The predicted molar refractivity (Wildman–Crippen MR) is 97.9 cm³/mol. The molecule has 0 fully saturated rings. The summed E-state index contributed by atoms with van der Waals surface area (Å²) in [6, 6.07) is 1.01. The number of amides is 1. The van der Waals surface area contributed by atoms with Crippen LogP contribution in [0.15, 0.2) is 14.5 Å². The average Bonchev–Trinajstić information content (AvgIpc) is 3.04. The van der Waals surface area contributed by atoms with Gasteiger partial charge in [0.05, 0.1) is 17.2 Å². The number of carbonyl (C=O) groups is 1. The Hall–Kier alpha value is -1.13. The Morgan fingerprint density at radius 3 is 2.71 bits per heavy atom. The van der Waals surface area contributed by atoms with Crippen molar-refractivity contribution in [3.63, 3.8) is 0 Å². The number of nitrogens with one attached hydrogen (secondary N) is 2. The van der Waals surface area contributed by atoms with Crippen LogP contribution >= 0.6 is 11.3 Å². The van der Waals surface area contributed by atoms with Gasteiger partial charge in [-0.1, -0.05) is 6.92 Å². The van der Waals surface area contributed by atoms with Crippen molar-refractivity contribution in [2.24, 2.45) is 0 Å². The van der Waals surface area contributed by atoms with E-state index in [-0.39, 0.29) is 33.9 Å². The number of fused-ring (bicyclic) bond motifs is 1. The zero-order valence-electron chi connectivity index (χ0n) is 15.3. The van der Waals surface area contributed by atoms with E-state index in [0.29, 0.717) is 29.9 Å². The molecule has 1 unspecified atom stereocenters. The van der Waals surface area contributed by atoms with Gasteiger partial charge in [0.1, 0.15) is 8.42 Å². The van der Waals surface area contributed by atoms with Gasteiger partial charge in [-0.15, -0.1) is 11.3 Å². The van der Waals surface area contributed by atoms with Crippen molar-refractivity contribution >= 4 is 37.1 Å². The van der Waals surface area contributed by atoms with Gasteiger partial charge >= 0.3 is 0 Å². The van der Waals surface area contributed by atoms with Crippen LogP contribution in [0.25, 0.3) is 0 Å². The van der Waals surface area contributed by atoms with Crippen molar-refractivity contribution in [3.05, 3.63) is 11.6 Å². The monoisotopic (exact) mass is 457 g/mol. The lowest BCUT2D eigenvalue weighted by Crippen LogP contribution is -2.33. The highest BCUT2D eigenvalue weighted by Crippen LogP contribution is 2.42. The van der Waals surface area contributed by atoms with E-state index in [4.69, 9.17) is 10.4 Å². The zero-order valence-corrected chi connectivity index (χ0v) is 17.7. The maximum absolute atomic E-state index is 12.6. The highest BCUT2D eigenvalue weighted by atomic mass is 32.3. The number of carbonyl (C=O) groups excluding carboxylic acids is 1. The van der Waals surface area contributed by atoms with E-state index in [1.807, 2.05) is 11.6 Å². The lowest BCUT2D eigenvalue weighted by molar-refractivity contribution is -0.492. The van der Waals surface area contributed by atoms with Crippen LogP contribution < -0.4 is 10.0 Å². The first-order valence-electron chi connectivity index (χ1n) is 8.46. The van der Waals surface area contributed by atoms with E-state index >= 15 is 0 Å². The van der Waals surface area contributed by atoms with Gasteiger partial charge in [0.15, 0.2) is 9.84 Å². The minimum atomic E-state index is -4.24. The summed E-state index contributed by atoms with van der Waals surface area (Å²) in [6.45, 7) is 3.83. The Labute approximate surface area is 167 Å². The van der Waals surface area contributed by atoms with Crippen LogP contribution in [0.2, 0.25) is 0 Å². The van der Waals surface area contributed by atoms with Crippen LogP contribution in [0.4, 0.5) is 0 Å². The first-order valence-corrected chi connectivity index (χ1v) is 12.3. The van der Waals surface area contributed by atoms with Gasteiger partial charge in [0, 0.05) is 18.0 Å². The van der Waals surface area contributed by atoms with E-state index < -0.39 is 36.4 Å². The summed E-state index contributed by atoms with van der Waals surface area (Å²) in [4.78, 5) is 16.1. The Morgan fingerprint density at radius 2 is 2.11 bits per heavy atom. The third-order valence-corrected chi connectivity index (χ3v) is 9.90. The number of nitrogens with zero attached hydrogens (tertiary/aromatic N) is 1. The second-order valence-corrected chi connectivity index (χ2v) is 11.8. The van der Waals surface area contributed by atoms with Gasteiger partial charge in [-0.2, -0.15) is 0 Å². The van der Waals surface area contributed by atoms with E-state index in [0.717, 1.165) is 0 Å². The number of sulfonamides is 1. The minimum Gasteiger partial charge on any atom is -0.310 e. The molecule has 28 heavy (non-hydrogen) atoms. The molecule has 14 heteroatoms. The van der Waals surface area contributed by atoms with Gasteiger partial charge < -0.3 is 5.32 Å². The minimum absolute atomic E-state index is 0.00408. The molecule has 1 amide bonds. The van der Waals surface area contributed by atoms with Crippen LogP contribution in [-0.2, 0) is 29.5 Å². The lowest BCUT2D eigenvalue weighted by atomic mass is 10.1. The third-order valence-electron chi connectivity index (χ3n) is 4.15. The number of sulfone groups is 1. The molecule has 1 aromatic rings. The van der Waals surface area contributed by atoms with Crippen molar-refractivity contribution in [2.75, 3.05) is 13.2 Å². The maximum Gasteiger partial charge on any atom is 0.273 e. The van der Waals surface area contributed by atoms with Crippen molar-refractivity contribution in [1.29, 1.82) is 0 Å². The molecule has 0 bridgehead atoms. The van der Waals surface area contributed by atoms with Crippen molar-refractivity contribution in [1.82, 2.24) is 15.4 Å². The fourth-order valence-electron chi connectivity index (χ4n) is 2.80. The SMILES string of the molecule is CCN[C@H]1CC(C)S(=O)(=O)c2sc(S(=O)(=O)NC(=O)CCCON(O)O)cc21. The second-order valence-electron chi connectivity index (χ2n) is 6.23. The fraction of sp³-hybridized carbons (Fsp3) is 0.643. The highest BCUT2D eigenvalue weighted by molar-refractivity contribution is 7.95. The molecule has 1 aliphatic heterocycles. The Kier molecular flexibility index (Phi) is 7.55. The summed E-state index contributed by atoms with van der Waals surface area (Å²) >= 11 is 0.629. The third kappa shape index (κ3) is 5.27. The fourth-order valence-corrected chi connectivity index (χ4v) is 7.81. The van der Waals surface area contributed by atoms with Crippen LogP contribution in [-0.4, -0.2) is 56.9 Å². The summed E-state index contributed by atoms with van der Waals surface area (Å²) in [5.41, 5.74) is 0.400. The zero-order chi connectivity index (χ0) is 21.1. The first kappa shape index (κ1) is 23.2. The van der Waals surface area contributed by atoms with E-state index in [2.05, 4.69) is 10.2 Å². The molecule has 1 aromatic heterocycles. The average molecular weight is 458 g/mol. The first-order chi connectivity index (χ1) is 13.0. The second kappa shape index (κ2) is 9.13. The van der Waals surface area contributed by atoms with Crippen LogP contribution in [0.1, 0.15) is 44.7 Å². The molecule has 0 saturated carbocycles. The van der Waals surface area contributed by atoms with Crippen molar-refractivity contribution in [2.45, 2.75) is 52.8 Å². The maximum atomic E-state index is 12.6. The summed E-state index contributed by atoms with van der Waals surface area (Å²) in [5, 5.41) is 18.7. The molecule has 0 saturated heterocycles. The summed E-state index contributed by atoms with van der Waals surface area (Å²) in [6.07, 6.45) is 0.125. The molecule has 160 valence electrons. The summed E-state index contributed by atoms with van der Waals surface area (Å²) < 4.78 is 51.8. The normalized spacial score (nSPS) is 21.5. The van der Waals surface area contributed by atoms with Gasteiger partial charge in [0.2, 0.25) is 5.91 Å². The predicted octanol–water partition coefficient (Wildman–Crippen LogP) is 0.562. The molecule has 2 atom stereocenters. The summed E-state index contributed by atoms with van der Waals surface area (Å²) in [7, 11) is -7.87. The molecule has 11 nitrogen and oxygen atoms in total. The molecule has 4 N–H and O–H groups in total. The number of hydrogen-bond acceptors (Lipinski definition) is 11. The standard InChI is InChI=1S/C14H23N3O8S3/c1-3-15-11-7-9(2)27(21,22)14-10(11)8-13(26-14)28(23,24)16-12(18)5-4-6-25-17(19)20/h8-9,11,15,19-20H,3-7H2,1-2H3,(H,16,18)/t9?,11-/m0/s1. The smallest absolute Gasteiger partial charge is 0.273 e. The number of thiophene rings is 1. The highest BCUT2D eigenvalue weighted by Gasteiger charge is 2.39. The van der Waals surface area contributed by atoms with Crippen molar-refractivity contribution < 1.29 is 36.9 Å². The number of rotatable bonds is 9. The van der Waals surface area contributed by atoms with Crippen LogP contribution in [0.3, 0.4) is 0 Å². The molecule has 2 rings (SSSR count). The Balaban J connectivity index is 2.19. The topological polar surface area (TPSA) is 162 Å². The van der Waals surface area contributed by atoms with Crippen LogP contribution in [0.5, 0.6) is 0 Å². The molecular weight excluding hydrogens is 434 g/mol. The van der Waals surface area contributed by atoms with Gasteiger partial charge in [0.25, 0.3) is 10.0 Å². The Bertz CT molecular complexity index is 910. The molecule has 0 spiro atoms. The molecule has 0 radical (unpaired) electrons. The quantitative estimate of drug-likeness (QED) is 0.304. The number of hydrogen-bond donors (Lipinski definition) is 4. The van der Waals surface area contributed by atoms with E-state index in [1.54, 1.807) is 6.92 Å². The van der Waals surface area contributed by atoms with Gasteiger partial charge in [-0.05, 0) is 32.4 Å². The molecule has 0 aliphatic carbocycles. The van der Waals surface area contributed by atoms with E-state index in [1.165, 1.54) is 6.07 Å². The van der Waals surface area contributed by atoms with Gasteiger partial charge in [-0.3, -0.25) is 20.0 Å². The van der Waals surface area contributed by atoms with Crippen molar-refractivity contribution in [3.8, 4) is 0 Å². The van der Waals surface area contributed by atoms with E-state index in [9.17, 15) is 21.6 Å². The summed E-state index contributed by atoms with van der Waals surface area (Å²) in [5.74, 6) is -0.822.